The maximum absolute atomic E-state index is 13.8. The summed E-state index contributed by atoms with van der Waals surface area (Å²) < 4.78 is 23.0. The minimum Gasteiger partial charge on any atom is -0.379 e. The molecule has 8 heterocycles. The van der Waals surface area contributed by atoms with E-state index >= 15 is 0 Å². The summed E-state index contributed by atoms with van der Waals surface area (Å²) in [5.41, 5.74) is 12.7. The van der Waals surface area contributed by atoms with Gasteiger partial charge in [0.2, 0.25) is 23.6 Å². The molecule has 14 rings (SSSR count). The highest BCUT2D eigenvalue weighted by atomic mass is 16.5. The fourth-order valence-corrected chi connectivity index (χ4v) is 13.8. The summed E-state index contributed by atoms with van der Waals surface area (Å²) in [5, 5.41) is 28.2. The maximum atomic E-state index is 13.8. The molecular weight excluding hydrogens is 1180 g/mol. The van der Waals surface area contributed by atoms with E-state index in [1.807, 2.05) is 86.8 Å². The van der Waals surface area contributed by atoms with E-state index < -0.39 is 22.9 Å². The Morgan fingerprint density at radius 2 is 1.02 bits per heavy atom. The lowest BCUT2D eigenvalue weighted by Crippen LogP contribution is -2.49. The standard InChI is InChI=1S/C35H38N6O5.C35H36N6O5.CH4/c2*1-21-12-23(13-27-20-37-40-30(21)27)15-29-33(43)41(2)7-9-46-11-10-45-8-3-4-22-14-28-31(36-19-22)39-34(44)35(28)17-25-6-5-24(32(42)38-29)16-26(25)18-35;/h5-6,12-14,16,19-20,29H,3-4,7-11,15,17-18H2,1-2H3,(H,37,40)(H,38,42)(H,36,39,44);3-6,12-14,16,19-20,29H,7-11,15,17-18H2,1-2H3,(H,37,40)(H,38,42)(H,36,39,44);1H4/b;4-3+;/t2*29-,35-;/m11./s1. The van der Waals surface area contributed by atoms with Gasteiger partial charge in [-0.3, -0.25) is 39.0 Å². The smallest absolute Gasteiger partial charge is 0.251 e. The van der Waals surface area contributed by atoms with E-state index in [1.165, 1.54) is 0 Å². The molecule has 4 aromatic heterocycles. The first-order valence-corrected chi connectivity index (χ1v) is 31.4. The molecule has 6 N–H and O–H groups in total. The second kappa shape index (κ2) is 27.0. The maximum Gasteiger partial charge on any atom is 0.251 e. The van der Waals surface area contributed by atoms with Gasteiger partial charge in [-0.1, -0.05) is 43.8 Å². The molecule has 10 bridgehead atoms. The van der Waals surface area contributed by atoms with Gasteiger partial charge in [-0.05, 0) is 157 Å². The van der Waals surface area contributed by atoms with Crippen molar-refractivity contribution < 1.29 is 47.7 Å². The van der Waals surface area contributed by atoms with Crippen molar-refractivity contribution in [2.24, 2.45) is 0 Å². The molecule has 4 atom stereocenters. The molecule has 0 radical (unpaired) electrons. The van der Waals surface area contributed by atoms with Gasteiger partial charge in [0.15, 0.2) is 0 Å². The van der Waals surface area contributed by atoms with Crippen LogP contribution in [0.25, 0.3) is 27.9 Å². The number of amides is 6. The average molecular weight is 1260 g/mol. The first-order chi connectivity index (χ1) is 44.6. The Kier molecular flexibility index (Phi) is 18.5. The van der Waals surface area contributed by atoms with Gasteiger partial charge in [-0.15, -0.1) is 0 Å². The molecule has 4 aliphatic heterocycles. The first-order valence-electron chi connectivity index (χ1n) is 31.4. The van der Waals surface area contributed by atoms with Crippen LogP contribution in [0.2, 0.25) is 0 Å². The summed E-state index contributed by atoms with van der Waals surface area (Å²) >= 11 is 0. The summed E-state index contributed by atoms with van der Waals surface area (Å²) in [6.07, 6.45) is 15.1. The van der Waals surface area contributed by atoms with Gasteiger partial charge >= 0.3 is 0 Å². The molecule has 22 heteroatoms. The van der Waals surface area contributed by atoms with Gasteiger partial charge in [-0.25, -0.2) is 9.97 Å². The molecule has 4 aromatic carbocycles. The number of pyridine rings is 2. The van der Waals surface area contributed by atoms with Gasteiger partial charge in [-0.2, -0.15) is 10.2 Å². The van der Waals surface area contributed by atoms with Crippen molar-refractivity contribution in [1.82, 2.24) is 50.8 Å². The number of rotatable bonds is 4. The Morgan fingerprint density at radius 1 is 0.538 bits per heavy atom. The first kappa shape index (κ1) is 63.7. The summed E-state index contributed by atoms with van der Waals surface area (Å²) in [6.45, 7) is 8.05. The third kappa shape index (κ3) is 13.0. The molecule has 2 aliphatic carbocycles. The van der Waals surface area contributed by atoms with Crippen molar-refractivity contribution in [2.75, 3.05) is 90.7 Å². The molecule has 6 amide bonds. The number of benzene rings is 4. The third-order valence-corrected chi connectivity index (χ3v) is 18.7. The predicted octanol–water partition coefficient (Wildman–Crippen LogP) is 6.78. The van der Waals surface area contributed by atoms with Crippen LogP contribution >= 0.6 is 0 Å². The lowest BCUT2D eigenvalue weighted by atomic mass is 9.79. The zero-order valence-electron chi connectivity index (χ0n) is 52.0. The molecule has 6 aliphatic rings. The molecule has 0 unspecified atom stereocenters. The monoisotopic (exact) mass is 1260 g/mol. The number of aromatic amines is 2. The van der Waals surface area contributed by atoms with Crippen molar-refractivity contribution in [1.29, 1.82) is 0 Å². The number of fused-ring (bicyclic) bond motifs is 6. The second-order valence-corrected chi connectivity index (χ2v) is 25.0. The van der Waals surface area contributed by atoms with Gasteiger partial charge in [0.1, 0.15) is 23.7 Å². The predicted molar refractivity (Wildman–Crippen MR) is 351 cm³/mol. The Hall–Kier alpha value is -9.48. The molecule has 0 fully saturated rings. The number of carbonyl (C=O) groups excluding carboxylic acids is 6. The molecule has 8 aromatic rings. The van der Waals surface area contributed by atoms with Crippen molar-refractivity contribution in [3.8, 4) is 0 Å². The van der Waals surface area contributed by atoms with Gasteiger partial charge in [0, 0.05) is 92.1 Å². The van der Waals surface area contributed by atoms with E-state index in [1.54, 1.807) is 54.6 Å². The summed E-state index contributed by atoms with van der Waals surface area (Å²) in [4.78, 5) is 94.4. The Labute approximate surface area is 539 Å². The number of aromatic nitrogens is 6. The van der Waals surface area contributed by atoms with E-state index in [0.717, 1.165) is 101 Å². The lowest BCUT2D eigenvalue weighted by Gasteiger charge is -2.25. The number of carbonyl (C=O) groups is 6. The highest BCUT2D eigenvalue weighted by Crippen LogP contribution is 2.49. The number of anilines is 2. The highest BCUT2D eigenvalue weighted by molar-refractivity contribution is 6.08. The van der Waals surface area contributed by atoms with E-state index in [2.05, 4.69) is 57.7 Å². The van der Waals surface area contributed by atoms with Crippen LogP contribution in [0.4, 0.5) is 11.6 Å². The minimum absolute atomic E-state index is 0. The van der Waals surface area contributed by atoms with Crippen LogP contribution in [0.15, 0.2) is 104 Å². The fraction of sp³-hybridized carbons (Fsp3) is 0.380. The molecule has 2 spiro atoms. The highest BCUT2D eigenvalue weighted by Gasteiger charge is 2.53. The number of H-pyrrole nitrogens is 2. The normalized spacial score (nSPS) is 22.4. The van der Waals surface area contributed by atoms with Crippen LogP contribution in [0.3, 0.4) is 0 Å². The number of aryl methyl sites for hydroxylation is 3. The Bertz CT molecular complexity index is 4170. The SMILES string of the molecule is C.Cc1cc(C[C@H]2NC(=O)c3ccc4c(c3)C[C@@]3(C4)C(=O)Nc4ncc(cc43)/C=C/COCCOCCN(C)C2=O)cc2cn[nH]c12.Cc1cc(C[C@H]2NC(=O)c3ccc4c(c3)C[C@@]3(C4)C(=O)Nc4ncc(cc43)CCCOCCOCCN(C)C2=O)cc2cn[nH]c12. The Balaban J connectivity index is 0.000000177. The molecular formula is C71H78N12O10. The largest absolute Gasteiger partial charge is 0.379 e. The van der Waals surface area contributed by atoms with E-state index in [-0.39, 0.29) is 42.9 Å². The van der Waals surface area contributed by atoms with Crippen LogP contribution in [0.1, 0.15) is 101 Å². The van der Waals surface area contributed by atoms with Crippen molar-refractivity contribution in [3.63, 3.8) is 0 Å². The fourth-order valence-electron chi connectivity index (χ4n) is 13.8. The molecule has 0 saturated carbocycles. The number of nitrogens with one attached hydrogen (secondary N) is 6. The number of likely N-dealkylation sites (N-methyl/N-ethyl adjacent to an activating group) is 2. The number of hydrogen-bond acceptors (Lipinski definition) is 14. The van der Waals surface area contributed by atoms with E-state index in [4.69, 9.17) is 18.9 Å². The third-order valence-electron chi connectivity index (χ3n) is 18.7. The summed E-state index contributed by atoms with van der Waals surface area (Å²) in [7, 11) is 3.44. The lowest BCUT2D eigenvalue weighted by molar-refractivity contribution is -0.133. The molecule has 93 heavy (non-hydrogen) atoms. The van der Waals surface area contributed by atoms with Crippen molar-refractivity contribution in [3.05, 3.63) is 182 Å². The Morgan fingerprint density at radius 3 is 1.56 bits per heavy atom. The van der Waals surface area contributed by atoms with Crippen LogP contribution in [-0.2, 0) is 93.9 Å². The van der Waals surface area contributed by atoms with Crippen LogP contribution in [-0.4, -0.2) is 168 Å². The van der Waals surface area contributed by atoms with Crippen LogP contribution < -0.4 is 21.3 Å². The van der Waals surface area contributed by atoms with E-state index in [9.17, 15) is 28.8 Å². The zero-order valence-corrected chi connectivity index (χ0v) is 52.0. The molecule has 22 nitrogen and oxygen atoms in total. The molecule has 482 valence electrons. The zero-order chi connectivity index (χ0) is 63.7. The van der Waals surface area contributed by atoms with Crippen LogP contribution in [0, 0.1) is 13.8 Å². The quantitative estimate of drug-likeness (QED) is 0.106. The van der Waals surface area contributed by atoms with Crippen LogP contribution in [0.5, 0.6) is 0 Å². The minimum atomic E-state index is -0.814. The number of hydrogen-bond donors (Lipinski definition) is 6. The molecule has 0 saturated heterocycles. The van der Waals surface area contributed by atoms with Gasteiger partial charge in [0.05, 0.1) is 80.5 Å². The van der Waals surface area contributed by atoms with Gasteiger partial charge < -0.3 is 50.0 Å². The van der Waals surface area contributed by atoms with Crippen molar-refractivity contribution in [2.45, 2.75) is 95.6 Å². The number of nitrogens with zero attached hydrogens (tertiary/aromatic N) is 6. The van der Waals surface area contributed by atoms with Crippen molar-refractivity contribution >= 4 is 75.0 Å². The second-order valence-electron chi connectivity index (χ2n) is 25.0. The summed E-state index contributed by atoms with van der Waals surface area (Å²) in [5.74, 6) is -0.0804. The van der Waals surface area contributed by atoms with Gasteiger partial charge in [0.25, 0.3) is 11.8 Å². The topological polar surface area (TPSA) is 277 Å². The summed E-state index contributed by atoms with van der Waals surface area (Å²) in [6, 6.07) is 21.6. The number of ether oxygens (including phenoxy) is 4. The average Bonchev–Trinajstić information content (AvgIpc) is 1.58. The van der Waals surface area contributed by atoms with E-state index in [0.29, 0.717) is 127 Å².